The lowest BCUT2D eigenvalue weighted by Gasteiger charge is -2.20. The molecule has 24 heavy (non-hydrogen) atoms. The first kappa shape index (κ1) is 17.2. The van der Waals surface area contributed by atoms with Gasteiger partial charge in [-0.2, -0.15) is 0 Å². The van der Waals surface area contributed by atoms with Crippen molar-refractivity contribution in [2.75, 3.05) is 26.2 Å². The number of amides is 1. The topological polar surface area (TPSA) is 71.3 Å². The van der Waals surface area contributed by atoms with E-state index in [1.807, 2.05) is 17.9 Å². The van der Waals surface area contributed by atoms with Crippen molar-refractivity contribution in [2.45, 2.75) is 26.2 Å². The number of aryl methyl sites for hydroxylation is 1. The quantitative estimate of drug-likeness (QED) is 0.899. The first-order valence-electron chi connectivity index (χ1n) is 8.50. The molecule has 0 aliphatic carbocycles. The average Bonchev–Trinajstić information content (AvgIpc) is 3.15. The molecule has 0 saturated carbocycles. The lowest BCUT2D eigenvalue weighted by Crippen LogP contribution is -2.32. The molecule has 0 bridgehead atoms. The van der Waals surface area contributed by atoms with Gasteiger partial charge < -0.3 is 14.7 Å². The second-order valence-electron chi connectivity index (χ2n) is 6.61. The Bertz CT molecular complexity index is 718. The average molecular weight is 351 g/mol. The van der Waals surface area contributed by atoms with Gasteiger partial charge in [-0.15, -0.1) is 12.4 Å². The van der Waals surface area contributed by atoms with Crippen molar-refractivity contribution in [3.8, 4) is 0 Å². The predicted octanol–water partition coefficient (Wildman–Crippen LogP) is 2.28. The molecule has 130 valence electrons. The summed E-state index contributed by atoms with van der Waals surface area (Å²) in [6.07, 6.45) is 4.56. The molecule has 0 unspecified atom stereocenters. The van der Waals surface area contributed by atoms with Gasteiger partial charge in [0.2, 0.25) is 0 Å². The minimum atomic E-state index is 0. The predicted molar refractivity (Wildman–Crippen MR) is 93.4 cm³/mol. The number of likely N-dealkylation sites (tertiary alicyclic amines) is 1. The molecule has 4 rings (SSSR count). The summed E-state index contributed by atoms with van der Waals surface area (Å²) >= 11 is 0. The van der Waals surface area contributed by atoms with Gasteiger partial charge in [-0.25, -0.2) is 4.98 Å². The van der Waals surface area contributed by atoms with Gasteiger partial charge in [-0.3, -0.25) is 4.79 Å². The highest BCUT2D eigenvalue weighted by atomic mass is 35.5. The fourth-order valence-corrected chi connectivity index (χ4v) is 3.85. The van der Waals surface area contributed by atoms with E-state index in [4.69, 9.17) is 4.52 Å². The summed E-state index contributed by atoms with van der Waals surface area (Å²) in [5.74, 6) is 1.52. The molecule has 0 spiro atoms. The van der Waals surface area contributed by atoms with Gasteiger partial charge in [0.1, 0.15) is 0 Å². The highest BCUT2D eigenvalue weighted by molar-refractivity contribution is 5.97. The molecule has 2 aromatic heterocycles. The van der Waals surface area contributed by atoms with Crippen LogP contribution in [0.3, 0.4) is 0 Å². The van der Waals surface area contributed by atoms with Crippen molar-refractivity contribution >= 4 is 29.4 Å². The van der Waals surface area contributed by atoms with E-state index in [0.29, 0.717) is 11.3 Å². The summed E-state index contributed by atoms with van der Waals surface area (Å²) in [4.78, 5) is 19.1. The number of carbonyl (C=O) groups excluding carboxylic acids is 1. The van der Waals surface area contributed by atoms with Crippen molar-refractivity contribution in [1.82, 2.24) is 20.4 Å². The number of hydrogen-bond donors (Lipinski definition) is 1. The fraction of sp³-hybridized carbons (Fsp3) is 0.588. The number of carbonyl (C=O) groups is 1. The Morgan fingerprint density at radius 2 is 2.04 bits per heavy atom. The number of nitrogens with zero attached hydrogens (tertiary/aromatic N) is 3. The number of pyridine rings is 1. The maximum absolute atomic E-state index is 12.9. The van der Waals surface area contributed by atoms with Gasteiger partial charge in [0.25, 0.3) is 11.6 Å². The molecule has 7 heteroatoms. The summed E-state index contributed by atoms with van der Waals surface area (Å²) in [5.41, 5.74) is 2.01. The zero-order valence-electron chi connectivity index (χ0n) is 13.8. The van der Waals surface area contributed by atoms with E-state index in [-0.39, 0.29) is 18.3 Å². The van der Waals surface area contributed by atoms with E-state index in [1.54, 1.807) is 6.20 Å². The molecule has 2 aliphatic rings. The van der Waals surface area contributed by atoms with Gasteiger partial charge in [0.05, 0.1) is 16.6 Å². The SMILES string of the molecule is CCc1noc2ncc(C(=O)N3CC[C@@H]4CNC[C@@H]4CC3)cc12.Cl. The molecule has 2 aromatic rings. The highest BCUT2D eigenvalue weighted by Gasteiger charge is 2.31. The third-order valence-electron chi connectivity index (χ3n) is 5.29. The summed E-state index contributed by atoms with van der Waals surface area (Å²) in [6, 6.07) is 1.88. The fourth-order valence-electron chi connectivity index (χ4n) is 3.85. The second kappa shape index (κ2) is 7.07. The van der Waals surface area contributed by atoms with E-state index >= 15 is 0 Å². The lowest BCUT2D eigenvalue weighted by atomic mass is 9.92. The molecule has 6 nitrogen and oxygen atoms in total. The molecule has 2 aliphatic heterocycles. The number of halogens is 1. The number of hydrogen-bond acceptors (Lipinski definition) is 5. The normalized spacial score (nSPS) is 23.6. The zero-order chi connectivity index (χ0) is 15.8. The van der Waals surface area contributed by atoms with Crippen molar-refractivity contribution in [1.29, 1.82) is 0 Å². The Morgan fingerprint density at radius 1 is 1.33 bits per heavy atom. The maximum atomic E-state index is 12.9. The first-order chi connectivity index (χ1) is 11.3. The van der Waals surface area contributed by atoms with Gasteiger partial charge in [-0.05, 0) is 50.3 Å². The molecule has 4 heterocycles. The Hall–Kier alpha value is -1.66. The van der Waals surface area contributed by atoms with Crippen molar-refractivity contribution in [2.24, 2.45) is 11.8 Å². The Labute approximate surface area is 147 Å². The zero-order valence-corrected chi connectivity index (χ0v) is 14.6. The van der Waals surface area contributed by atoms with Gasteiger partial charge in [0, 0.05) is 19.3 Å². The standard InChI is InChI=1S/C17H22N4O2.ClH/c1-2-15-14-7-13(10-19-16(14)23-20-15)17(22)21-5-3-11-8-18-9-12(11)4-6-21;/h7,10-12,18H,2-6,8-9H2,1H3;1H/t11-,12+;. The van der Waals surface area contributed by atoms with Gasteiger partial charge in [-0.1, -0.05) is 12.1 Å². The van der Waals surface area contributed by atoms with Crippen LogP contribution in [0.5, 0.6) is 0 Å². The molecule has 2 fully saturated rings. The Morgan fingerprint density at radius 3 is 2.71 bits per heavy atom. The summed E-state index contributed by atoms with van der Waals surface area (Å²) in [6.45, 7) is 5.89. The van der Waals surface area contributed by atoms with Gasteiger partial charge >= 0.3 is 0 Å². The van der Waals surface area contributed by atoms with Crippen molar-refractivity contribution < 1.29 is 9.32 Å². The second-order valence-corrected chi connectivity index (χ2v) is 6.61. The van der Waals surface area contributed by atoms with E-state index in [1.165, 1.54) is 0 Å². The van der Waals surface area contributed by atoms with Crippen molar-refractivity contribution in [3.63, 3.8) is 0 Å². The van der Waals surface area contributed by atoms with E-state index in [9.17, 15) is 4.79 Å². The van der Waals surface area contributed by atoms with Crippen LogP contribution in [0.25, 0.3) is 11.1 Å². The van der Waals surface area contributed by atoms with Crippen LogP contribution >= 0.6 is 12.4 Å². The molecule has 1 N–H and O–H groups in total. The maximum Gasteiger partial charge on any atom is 0.257 e. The Balaban J connectivity index is 0.00000169. The van der Waals surface area contributed by atoms with E-state index in [0.717, 1.165) is 68.4 Å². The van der Waals surface area contributed by atoms with Crippen LogP contribution in [0.1, 0.15) is 35.8 Å². The minimum absolute atomic E-state index is 0. The summed E-state index contributed by atoms with van der Waals surface area (Å²) in [5, 5.41) is 8.33. The van der Waals surface area contributed by atoms with Gasteiger partial charge in [0.15, 0.2) is 0 Å². The molecule has 2 atom stereocenters. The monoisotopic (exact) mass is 350 g/mol. The smallest absolute Gasteiger partial charge is 0.257 e. The van der Waals surface area contributed by atoms with Crippen LogP contribution in [0.4, 0.5) is 0 Å². The van der Waals surface area contributed by atoms with Crippen LogP contribution in [0.15, 0.2) is 16.8 Å². The lowest BCUT2D eigenvalue weighted by molar-refractivity contribution is 0.0758. The molecular weight excluding hydrogens is 328 g/mol. The number of nitrogens with one attached hydrogen (secondary N) is 1. The summed E-state index contributed by atoms with van der Waals surface area (Å²) in [7, 11) is 0. The summed E-state index contributed by atoms with van der Waals surface area (Å²) < 4.78 is 5.20. The Kier molecular flexibility index (Phi) is 5.06. The number of aromatic nitrogens is 2. The molecule has 0 aromatic carbocycles. The highest BCUT2D eigenvalue weighted by Crippen LogP contribution is 2.28. The molecule has 1 amide bonds. The van der Waals surface area contributed by atoms with Crippen LogP contribution < -0.4 is 5.32 Å². The number of rotatable bonds is 2. The van der Waals surface area contributed by atoms with Crippen molar-refractivity contribution in [3.05, 3.63) is 23.5 Å². The van der Waals surface area contributed by atoms with E-state index < -0.39 is 0 Å². The molecular formula is C17H23ClN4O2. The molecule has 0 radical (unpaired) electrons. The minimum Gasteiger partial charge on any atom is -0.339 e. The van der Waals surface area contributed by atoms with Crippen LogP contribution in [0, 0.1) is 11.8 Å². The third-order valence-corrected chi connectivity index (χ3v) is 5.29. The van der Waals surface area contributed by atoms with Crippen LogP contribution in [0.2, 0.25) is 0 Å². The number of fused-ring (bicyclic) bond motifs is 2. The first-order valence-corrected chi connectivity index (χ1v) is 8.50. The third kappa shape index (κ3) is 3.00. The van der Waals surface area contributed by atoms with E-state index in [2.05, 4.69) is 15.5 Å². The van der Waals surface area contributed by atoms with Crippen LogP contribution in [-0.2, 0) is 6.42 Å². The molecule has 2 saturated heterocycles. The largest absolute Gasteiger partial charge is 0.339 e. The van der Waals surface area contributed by atoms with Crippen LogP contribution in [-0.4, -0.2) is 47.1 Å².